The third kappa shape index (κ3) is 8.41. The summed E-state index contributed by atoms with van der Waals surface area (Å²) in [4.78, 5) is 35.7. The molecule has 11 heteroatoms. The quantitative estimate of drug-likeness (QED) is 0.315. The molecule has 0 aliphatic rings. The normalized spacial score (nSPS) is 10.0. The van der Waals surface area contributed by atoms with Crippen molar-refractivity contribution in [1.29, 1.82) is 0 Å². The van der Waals surface area contributed by atoms with Gasteiger partial charge in [-0.05, 0) is 61.1 Å². The Morgan fingerprint density at radius 3 is 2.23 bits per heavy atom. The Kier molecular flexibility index (Phi) is 9.51. The van der Waals surface area contributed by atoms with Crippen LogP contribution in [0.4, 0.5) is 0 Å². The molecule has 0 saturated heterocycles. The molecule has 0 spiro atoms. The fourth-order valence-corrected chi connectivity index (χ4v) is 2.84. The first-order valence-corrected chi connectivity index (χ1v) is 10.2. The summed E-state index contributed by atoms with van der Waals surface area (Å²) >= 11 is 16.7. The van der Waals surface area contributed by atoms with Gasteiger partial charge in [0.2, 0.25) is 0 Å². The van der Waals surface area contributed by atoms with Gasteiger partial charge in [-0.15, -0.1) is 0 Å². The first-order valence-electron chi connectivity index (χ1n) is 9.04. The number of benzene rings is 2. The highest BCUT2D eigenvalue weighted by Gasteiger charge is 2.11. The van der Waals surface area contributed by atoms with E-state index in [4.69, 9.17) is 44.9 Å². The van der Waals surface area contributed by atoms with Gasteiger partial charge in [-0.25, -0.2) is 4.79 Å². The third-order valence-corrected chi connectivity index (χ3v) is 4.21. The second kappa shape index (κ2) is 12.1. The minimum atomic E-state index is -0.551. The molecular formula is C20H19Cl2N3O5S. The van der Waals surface area contributed by atoms with E-state index in [1.165, 1.54) is 30.3 Å². The van der Waals surface area contributed by atoms with E-state index in [1.807, 2.05) is 6.92 Å². The summed E-state index contributed by atoms with van der Waals surface area (Å²) in [6.45, 7) is 1.92. The van der Waals surface area contributed by atoms with Crippen LogP contribution in [0.3, 0.4) is 0 Å². The van der Waals surface area contributed by atoms with Crippen LogP contribution in [0, 0.1) is 0 Å². The molecule has 0 aliphatic carbocycles. The van der Waals surface area contributed by atoms with E-state index in [1.54, 1.807) is 12.1 Å². The number of ether oxygens (including phenoxy) is 2. The van der Waals surface area contributed by atoms with E-state index in [9.17, 15) is 14.4 Å². The van der Waals surface area contributed by atoms with Crippen molar-refractivity contribution >= 4 is 58.3 Å². The summed E-state index contributed by atoms with van der Waals surface area (Å²) in [5.41, 5.74) is 5.26. The molecule has 0 aromatic heterocycles. The van der Waals surface area contributed by atoms with Gasteiger partial charge in [-0.1, -0.05) is 30.1 Å². The molecule has 0 unspecified atom stereocenters. The number of hydrazine groups is 1. The van der Waals surface area contributed by atoms with Gasteiger partial charge in [0, 0.05) is 15.6 Å². The van der Waals surface area contributed by atoms with Crippen molar-refractivity contribution in [3.63, 3.8) is 0 Å². The van der Waals surface area contributed by atoms with Crippen molar-refractivity contribution in [2.45, 2.75) is 13.3 Å². The molecule has 8 nitrogen and oxygen atoms in total. The van der Waals surface area contributed by atoms with Crippen molar-refractivity contribution < 1.29 is 23.9 Å². The van der Waals surface area contributed by atoms with Crippen molar-refractivity contribution in [3.8, 4) is 5.75 Å². The highest BCUT2D eigenvalue weighted by atomic mass is 35.5. The number of hydrogen-bond donors (Lipinski definition) is 3. The summed E-state index contributed by atoms with van der Waals surface area (Å²) in [7, 11) is 0. The van der Waals surface area contributed by atoms with Crippen molar-refractivity contribution in [2.24, 2.45) is 0 Å². The van der Waals surface area contributed by atoms with Gasteiger partial charge in [-0.3, -0.25) is 25.8 Å². The Morgan fingerprint density at radius 2 is 1.61 bits per heavy atom. The molecule has 31 heavy (non-hydrogen) atoms. The third-order valence-electron chi connectivity index (χ3n) is 3.56. The fourth-order valence-electron chi connectivity index (χ4n) is 2.17. The Bertz CT molecular complexity index is 950. The standard InChI is InChI=1S/C20H19Cl2N3O5S/c1-2-7-29-19(28)12-3-5-16(6-4-12)30-11-17(26)24-25-20(31)23-18(27)13-8-14(21)10-15(22)9-13/h3-6,8-10H,2,7,11H2,1H3,(H,24,26)(H2,23,25,27,31). The Balaban J connectivity index is 1.74. The summed E-state index contributed by atoms with van der Waals surface area (Å²) in [6.07, 6.45) is 0.734. The van der Waals surface area contributed by atoms with Crippen LogP contribution in [0.25, 0.3) is 0 Å². The lowest BCUT2D eigenvalue weighted by Gasteiger charge is -2.12. The zero-order valence-corrected chi connectivity index (χ0v) is 18.7. The maximum absolute atomic E-state index is 12.1. The number of esters is 1. The monoisotopic (exact) mass is 483 g/mol. The molecule has 0 saturated carbocycles. The number of carbonyl (C=O) groups is 3. The molecule has 2 aromatic carbocycles. The van der Waals surface area contributed by atoms with Gasteiger partial charge in [0.25, 0.3) is 11.8 Å². The molecule has 0 bridgehead atoms. The topological polar surface area (TPSA) is 106 Å². The Hall–Kier alpha value is -2.88. The second-order valence-corrected chi connectivity index (χ2v) is 7.34. The van der Waals surface area contributed by atoms with Gasteiger partial charge in [0.1, 0.15) is 5.75 Å². The van der Waals surface area contributed by atoms with E-state index >= 15 is 0 Å². The summed E-state index contributed by atoms with van der Waals surface area (Å²) in [5.74, 6) is -1.14. The summed E-state index contributed by atoms with van der Waals surface area (Å²) < 4.78 is 10.4. The number of hydrogen-bond acceptors (Lipinski definition) is 6. The van der Waals surface area contributed by atoms with Crippen LogP contribution in [0.15, 0.2) is 42.5 Å². The molecule has 2 amide bonds. The number of amides is 2. The van der Waals surface area contributed by atoms with Crippen molar-refractivity contribution in [2.75, 3.05) is 13.2 Å². The van der Waals surface area contributed by atoms with E-state index < -0.39 is 17.8 Å². The molecule has 2 rings (SSSR count). The number of carbonyl (C=O) groups excluding carboxylic acids is 3. The van der Waals surface area contributed by atoms with Gasteiger partial charge < -0.3 is 9.47 Å². The Morgan fingerprint density at radius 1 is 0.968 bits per heavy atom. The molecule has 164 valence electrons. The van der Waals surface area contributed by atoms with Crippen LogP contribution < -0.4 is 20.9 Å². The number of thiocarbonyl (C=S) groups is 1. The number of rotatable bonds is 7. The molecule has 0 atom stereocenters. The van der Waals surface area contributed by atoms with Gasteiger partial charge >= 0.3 is 5.97 Å². The zero-order chi connectivity index (χ0) is 22.8. The predicted octanol–water partition coefficient (Wildman–Crippen LogP) is 3.27. The lowest BCUT2D eigenvalue weighted by atomic mass is 10.2. The molecule has 3 N–H and O–H groups in total. The van der Waals surface area contributed by atoms with E-state index in [2.05, 4.69) is 16.2 Å². The lowest BCUT2D eigenvalue weighted by molar-refractivity contribution is -0.123. The molecular weight excluding hydrogens is 465 g/mol. The van der Waals surface area contributed by atoms with Crippen molar-refractivity contribution in [3.05, 3.63) is 63.6 Å². The smallest absolute Gasteiger partial charge is 0.338 e. The summed E-state index contributed by atoms with van der Waals surface area (Å²) in [5, 5.41) is 2.84. The molecule has 0 radical (unpaired) electrons. The fraction of sp³-hybridized carbons (Fsp3) is 0.200. The summed E-state index contributed by atoms with van der Waals surface area (Å²) in [6, 6.07) is 10.5. The van der Waals surface area contributed by atoms with Gasteiger partial charge in [-0.2, -0.15) is 0 Å². The maximum Gasteiger partial charge on any atom is 0.338 e. The van der Waals surface area contributed by atoms with Crippen LogP contribution in [-0.4, -0.2) is 36.1 Å². The number of halogens is 2. The van der Waals surface area contributed by atoms with Crippen LogP contribution in [0.5, 0.6) is 5.75 Å². The first kappa shape index (κ1) is 24.4. The zero-order valence-electron chi connectivity index (χ0n) is 16.4. The van der Waals surface area contributed by atoms with Crippen LogP contribution >= 0.6 is 35.4 Å². The molecule has 0 aliphatic heterocycles. The highest BCUT2D eigenvalue weighted by molar-refractivity contribution is 7.80. The highest BCUT2D eigenvalue weighted by Crippen LogP contribution is 2.19. The molecule has 0 fully saturated rings. The maximum atomic E-state index is 12.1. The van der Waals surface area contributed by atoms with Gasteiger partial charge in [0.15, 0.2) is 11.7 Å². The SMILES string of the molecule is CCCOC(=O)c1ccc(OCC(=O)NNC(=S)NC(=O)c2cc(Cl)cc(Cl)c2)cc1. The molecule has 2 aromatic rings. The average molecular weight is 484 g/mol. The minimum absolute atomic E-state index is 0.135. The van der Waals surface area contributed by atoms with E-state index in [-0.39, 0.29) is 17.3 Å². The molecule has 0 heterocycles. The van der Waals surface area contributed by atoms with Crippen LogP contribution in [0.1, 0.15) is 34.1 Å². The van der Waals surface area contributed by atoms with E-state index in [0.29, 0.717) is 28.0 Å². The second-order valence-electron chi connectivity index (χ2n) is 6.06. The number of nitrogens with one attached hydrogen (secondary N) is 3. The largest absolute Gasteiger partial charge is 0.484 e. The predicted molar refractivity (Wildman–Crippen MR) is 120 cm³/mol. The first-order chi connectivity index (χ1) is 14.8. The average Bonchev–Trinajstić information content (AvgIpc) is 2.74. The van der Waals surface area contributed by atoms with Crippen LogP contribution in [0.2, 0.25) is 10.0 Å². The van der Waals surface area contributed by atoms with Gasteiger partial charge in [0.05, 0.1) is 12.2 Å². The lowest BCUT2D eigenvalue weighted by Crippen LogP contribution is -2.49. The van der Waals surface area contributed by atoms with E-state index in [0.717, 1.165) is 6.42 Å². The Labute approximate surface area is 194 Å². The van der Waals surface area contributed by atoms with Crippen molar-refractivity contribution in [1.82, 2.24) is 16.2 Å². The van der Waals surface area contributed by atoms with Crippen LogP contribution in [-0.2, 0) is 9.53 Å². The minimum Gasteiger partial charge on any atom is -0.484 e.